The van der Waals surface area contributed by atoms with E-state index < -0.39 is 0 Å². The number of methoxy groups -OCH3 is 1. The number of piperidine rings is 1. The van der Waals surface area contributed by atoms with Crippen molar-refractivity contribution < 1.29 is 4.74 Å². The lowest BCUT2D eigenvalue weighted by Gasteiger charge is -2.42. The number of ether oxygens (including phenoxy) is 1. The molecule has 5 rings (SSSR count). The fourth-order valence-corrected chi connectivity index (χ4v) is 7.56. The first-order chi connectivity index (χ1) is 16.1. The van der Waals surface area contributed by atoms with Gasteiger partial charge in [0.25, 0.3) is 0 Å². The van der Waals surface area contributed by atoms with Crippen LogP contribution in [0.3, 0.4) is 0 Å². The topological polar surface area (TPSA) is 15.7 Å². The Kier molecular flexibility index (Phi) is 8.01. The molecule has 2 unspecified atom stereocenters. The van der Waals surface area contributed by atoms with Crippen LogP contribution in [-0.2, 0) is 11.3 Å². The highest BCUT2D eigenvalue weighted by Gasteiger charge is 2.38. The van der Waals surface area contributed by atoms with Crippen LogP contribution < -0.4 is 0 Å². The first-order valence-corrected chi connectivity index (χ1v) is 14.2. The maximum absolute atomic E-state index is 6.50. The van der Waals surface area contributed by atoms with E-state index in [4.69, 9.17) is 27.9 Å². The van der Waals surface area contributed by atoms with Gasteiger partial charge in [0.15, 0.2) is 0 Å². The van der Waals surface area contributed by atoms with Crippen LogP contribution >= 0.6 is 34.5 Å². The van der Waals surface area contributed by atoms with Gasteiger partial charge in [-0.3, -0.25) is 4.90 Å². The SMILES string of the molecule is CO[C@@H](C1CCC1)C1CCN(CC2CN(Cc3ccc(Cl)cc3Cl)CC2c2ccsc2)CC1. The van der Waals surface area contributed by atoms with Crippen molar-refractivity contribution in [3.8, 4) is 0 Å². The van der Waals surface area contributed by atoms with Crippen molar-refractivity contribution in [1.82, 2.24) is 9.80 Å². The lowest BCUT2D eigenvalue weighted by Crippen LogP contribution is -2.44. The second-order valence-corrected chi connectivity index (χ2v) is 12.0. The van der Waals surface area contributed by atoms with E-state index >= 15 is 0 Å². The predicted molar refractivity (Wildman–Crippen MR) is 140 cm³/mol. The van der Waals surface area contributed by atoms with E-state index in [2.05, 4.69) is 32.7 Å². The molecule has 1 aliphatic carbocycles. The Morgan fingerprint density at radius 1 is 1.03 bits per heavy atom. The largest absolute Gasteiger partial charge is 0.381 e. The van der Waals surface area contributed by atoms with E-state index in [0.29, 0.717) is 23.0 Å². The standard InChI is InChI=1S/C27H36Cl2N2OS/c1-32-27(19-3-2-4-19)20-7-10-30(11-8-20)15-23-16-31(17-25(23)22-9-12-33-18-22)14-21-5-6-24(28)13-26(21)29/h5-6,9,12-13,18-20,23,25,27H,2-4,7-8,10-11,14-17H2,1H3/t23?,25?,27-/m0/s1. The average Bonchev–Trinajstić information content (AvgIpc) is 3.43. The molecule has 2 saturated heterocycles. The molecule has 6 heteroatoms. The van der Waals surface area contributed by atoms with Crippen molar-refractivity contribution in [2.45, 2.75) is 50.7 Å². The first-order valence-electron chi connectivity index (χ1n) is 12.5. The molecular weight excluding hydrogens is 471 g/mol. The quantitative estimate of drug-likeness (QED) is 0.391. The molecule has 1 aromatic carbocycles. The van der Waals surface area contributed by atoms with E-state index in [1.165, 1.54) is 62.9 Å². The highest BCUT2D eigenvalue weighted by Crippen LogP contribution is 2.39. The second kappa shape index (κ2) is 11.0. The Bertz CT molecular complexity index is 896. The van der Waals surface area contributed by atoms with Gasteiger partial charge in [0.2, 0.25) is 0 Å². The summed E-state index contributed by atoms with van der Waals surface area (Å²) in [4.78, 5) is 5.32. The smallest absolute Gasteiger partial charge is 0.0628 e. The zero-order valence-corrected chi connectivity index (χ0v) is 21.9. The summed E-state index contributed by atoms with van der Waals surface area (Å²) in [5, 5.41) is 6.06. The van der Waals surface area contributed by atoms with Gasteiger partial charge >= 0.3 is 0 Å². The monoisotopic (exact) mass is 506 g/mol. The normalized spacial score (nSPS) is 26.5. The summed E-state index contributed by atoms with van der Waals surface area (Å²) < 4.78 is 5.97. The predicted octanol–water partition coefficient (Wildman–Crippen LogP) is 6.80. The Balaban J connectivity index is 1.21. The number of halogens is 2. The number of nitrogens with zero attached hydrogens (tertiary/aromatic N) is 2. The molecular formula is C27H36Cl2N2OS. The van der Waals surface area contributed by atoms with E-state index in [-0.39, 0.29) is 0 Å². The lowest BCUT2D eigenvalue weighted by atomic mass is 9.74. The summed E-state index contributed by atoms with van der Waals surface area (Å²) in [6.45, 7) is 6.75. The van der Waals surface area contributed by atoms with Gasteiger partial charge in [0, 0.05) is 49.3 Å². The zero-order valence-electron chi connectivity index (χ0n) is 19.6. The molecule has 0 spiro atoms. The van der Waals surface area contributed by atoms with Crippen molar-refractivity contribution in [2.24, 2.45) is 17.8 Å². The van der Waals surface area contributed by atoms with Crippen molar-refractivity contribution >= 4 is 34.5 Å². The van der Waals surface area contributed by atoms with E-state index in [1.54, 1.807) is 0 Å². The van der Waals surface area contributed by atoms with E-state index in [0.717, 1.165) is 36.5 Å². The molecule has 2 aromatic rings. The molecule has 0 radical (unpaired) electrons. The molecule has 1 saturated carbocycles. The van der Waals surface area contributed by atoms with Crippen LogP contribution in [0.2, 0.25) is 10.0 Å². The van der Waals surface area contributed by atoms with Gasteiger partial charge in [-0.15, -0.1) is 0 Å². The Morgan fingerprint density at radius 3 is 2.45 bits per heavy atom. The van der Waals surface area contributed by atoms with Crippen LogP contribution in [0.15, 0.2) is 35.0 Å². The molecule has 0 bridgehead atoms. The van der Waals surface area contributed by atoms with Crippen LogP contribution in [0.25, 0.3) is 0 Å². The zero-order chi connectivity index (χ0) is 22.8. The molecule has 180 valence electrons. The van der Waals surface area contributed by atoms with Crippen molar-refractivity contribution in [3.63, 3.8) is 0 Å². The number of hydrogen-bond donors (Lipinski definition) is 0. The minimum atomic E-state index is 0.491. The highest BCUT2D eigenvalue weighted by molar-refractivity contribution is 7.08. The summed E-state index contributed by atoms with van der Waals surface area (Å²) in [6.07, 6.45) is 7.20. The molecule has 3 heterocycles. The average molecular weight is 508 g/mol. The lowest BCUT2D eigenvalue weighted by molar-refractivity contribution is -0.0410. The Hall–Kier alpha value is -0.620. The van der Waals surface area contributed by atoms with E-state index in [1.807, 2.05) is 30.6 Å². The first kappa shape index (κ1) is 24.1. The van der Waals surface area contributed by atoms with Crippen molar-refractivity contribution in [1.29, 1.82) is 0 Å². The van der Waals surface area contributed by atoms with E-state index in [9.17, 15) is 0 Å². The molecule has 2 aliphatic heterocycles. The summed E-state index contributed by atoms with van der Waals surface area (Å²) in [7, 11) is 1.93. The van der Waals surface area contributed by atoms with Crippen LogP contribution in [-0.4, -0.2) is 55.7 Å². The Labute approximate surface area is 213 Å². The van der Waals surface area contributed by atoms with Gasteiger partial charge in [-0.05, 0) is 96.6 Å². The van der Waals surface area contributed by atoms with Gasteiger partial charge in [-0.2, -0.15) is 11.3 Å². The number of rotatable bonds is 8. The maximum atomic E-state index is 6.50. The minimum Gasteiger partial charge on any atom is -0.381 e. The molecule has 3 aliphatic rings. The second-order valence-electron chi connectivity index (χ2n) is 10.4. The fraction of sp³-hybridized carbons (Fsp3) is 0.630. The highest BCUT2D eigenvalue weighted by atomic mass is 35.5. The molecule has 0 amide bonds. The minimum absolute atomic E-state index is 0.491. The number of likely N-dealkylation sites (tertiary alicyclic amines) is 2. The molecule has 1 aromatic heterocycles. The third kappa shape index (κ3) is 5.63. The van der Waals surface area contributed by atoms with Gasteiger partial charge in [-0.25, -0.2) is 0 Å². The van der Waals surface area contributed by atoms with Crippen LogP contribution in [0.1, 0.15) is 49.1 Å². The molecule has 3 atom stereocenters. The van der Waals surface area contributed by atoms with Gasteiger partial charge < -0.3 is 9.64 Å². The Morgan fingerprint density at radius 2 is 1.82 bits per heavy atom. The third-order valence-corrected chi connectivity index (χ3v) is 9.66. The summed E-state index contributed by atoms with van der Waals surface area (Å²) >= 11 is 14.4. The number of benzene rings is 1. The number of hydrogen-bond acceptors (Lipinski definition) is 4. The van der Waals surface area contributed by atoms with Crippen LogP contribution in [0.5, 0.6) is 0 Å². The molecule has 3 nitrogen and oxygen atoms in total. The summed E-state index contributed by atoms with van der Waals surface area (Å²) in [6, 6.07) is 8.23. The van der Waals surface area contributed by atoms with Crippen molar-refractivity contribution in [2.75, 3.05) is 39.8 Å². The van der Waals surface area contributed by atoms with Gasteiger partial charge in [0.1, 0.15) is 0 Å². The molecule has 0 N–H and O–H groups in total. The maximum Gasteiger partial charge on any atom is 0.0628 e. The van der Waals surface area contributed by atoms with Gasteiger partial charge in [0.05, 0.1) is 6.10 Å². The van der Waals surface area contributed by atoms with Crippen LogP contribution in [0, 0.1) is 17.8 Å². The van der Waals surface area contributed by atoms with Crippen molar-refractivity contribution in [3.05, 3.63) is 56.2 Å². The fourth-order valence-electron chi connectivity index (χ4n) is 6.36. The summed E-state index contributed by atoms with van der Waals surface area (Å²) in [5.41, 5.74) is 2.68. The summed E-state index contributed by atoms with van der Waals surface area (Å²) in [5.74, 6) is 2.82. The molecule has 3 fully saturated rings. The number of thiophene rings is 1. The van der Waals surface area contributed by atoms with Gasteiger partial charge in [-0.1, -0.05) is 35.7 Å². The third-order valence-electron chi connectivity index (χ3n) is 8.37. The van der Waals surface area contributed by atoms with Crippen LogP contribution in [0.4, 0.5) is 0 Å². The molecule has 33 heavy (non-hydrogen) atoms.